The van der Waals surface area contributed by atoms with Crippen LogP contribution in [0.15, 0.2) is 24.3 Å². The van der Waals surface area contributed by atoms with Crippen LogP contribution in [0, 0.1) is 0 Å². The Morgan fingerprint density at radius 3 is 2.89 bits per heavy atom. The molecule has 18 heavy (non-hydrogen) atoms. The summed E-state index contributed by atoms with van der Waals surface area (Å²) in [7, 11) is 1.56. The van der Waals surface area contributed by atoms with Crippen LogP contribution in [0.5, 0.6) is 0 Å². The lowest BCUT2D eigenvalue weighted by molar-refractivity contribution is -0.126. The van der Waals surface area contributed by atoms with E-state index in [1.165, 1.54) is 5.56 Å². The van der Waals surface area contributed by atoms with Crippen molar-refractivity contribution < 1.29 is 9.59 Å². The third-order valence-electron chi connectivity index (χ3n) is 3.39. The molecule has 0 aliphatic heterocycles. The first-order valence-corrected chi connectivity index (χ1v) is 6.28. The molecule has 4 nitrogen and oxygen atoms in total. The van der Waals surface area contributed by atoms with E-state index in [-0.39, 0.29) is 24.3 Å². The number of amides is 2. The molecule has 0 bridgehead atoms. The Balaban J connectivity index is 2.06. The van der Waals surface area contributed by atoms with Crippen molar-refractivity contribution in [2.75, 3.05) is 13.6 Å². The molecule has 96 valence electrons. The van der Waals surface area contributed by atoms with Crippen molar-refractivity contribution in [3.8, 4) is 0 Å². The SMILES string of the molecule is CNC(=O)CNC(=O)C1CCCc2ccccc21. The van der Waals surface area contributed by atoms with E-state index in [1.54, 1.807) is 7.05 Å². The molecule has 0 spiro atoms. The molecule has 4 heteroatoms. The Morgan fingerprint density at radius 2 is 2.11 bits per heavy atom. The molecular weight excluding hydrogens is 228 g/mol. The first-order chi connectivity index (χ1) is 8.72. The maximum absolute atomic E-state index is 12.1. The number of nitrogens with one attached hydrogen (secondary N) is 2. The van der Waals surface area contributed by atoms with Crippen LogP contribution in [-0.2, 0) is 16.0 Å². The quantitative estimate of drug-likeness (QED) is 0.835. The molecule has 0 radical (unpaired) electrons. The highest BCUT2D eigenvalue weighted by atomic mass is 16.2. The molecule has 0 heterocycles. The molecule has 1 aliphatic carbocycles. The maximum Gasteiger partial charge on any atom is 0.239 e. The van der Waals surface area contributed by atoms with Crippen molar-refractivity contribution in [1.29, 1.82) is 0 Å². The Labute approximate surface area is 107 Å². The molecule has 1 aromatic carbocycles. The second-order valence-electron chi connectivity index (χ2n) is 4.53. The molecule has 2 amide bonds. The molecule has 0 aromatic heterocycles. The second kappa shape index (κ2) is 5.67. The fourth-order valence-electron chi connectivity index (χ4n) is 2.41. The van der Waals surface area contributed by atoms with E-state index in [2.05, 4.69) is 16.7 Å². The fraction of sp³-hybridized carbons (Fsp3) is 0.429. The maximum atomic E-state index is 12.1. The van der Waals surface area contributed by atoms with Gasteiger partial charge in [-0.2, -0.15) is 0 Å². The molecule has 2 rings (SSSR count). The standard InChI is InChI=1S/C14H18N2O2/c1-15-13(17)9-16-14(18)12-8-4-6-10-5-2-3-7-11(10)12/h2-3,5,7,12H,4,6,8-9H2,1H3,(H,15,17)(H,16,18). The number of benzene rings is 1. The average molecular weight is 246 g/mol. The molecule has 1 atom stereocenters. The van der Waals surface area contributed by atoms with Gasteiger partial charge < -0.3 is 10.6 Å². The third kappa shape index (κ3) is 2.70. The molecule has 1 unspecified atom stereocenters. The van der Waals surface area contributed by atoms with Crippen molar-refractivity contribution in [3.63, 3.8) is 0 Å². The van der Waals surface area contributed by atoms with Crippen LogP contribution >= 0.6 is 0 Å². The smallest absolute Gasteiger partial charge is 0.239 e. The van der Waals surface area contributed by atoms with E-state index >= 15 is 0 Å². The molecule has 1 aromatic rings. The van der Waals surface area contributed by atoms with E-state index in [9.17, 15) is 9.59 Å². The zero-order valence-corrected chi connectivity index (χ0v) is 10.5. The molecule has 2 N–H and O–H groups in total. The van der Waals surface area contributed by atoms with Crippen LogP contribution in [0.2, 0.25) is 0 Å². The zero-order chi connectivity index (χ0) is 13.0. The summed E-state index contributed by atoms with van der Waals surface area (Å²) in [5.41, 5.74) is 2.36. The number of hydrogen-bond acceptors (Lipinski definition) is 2. The van der Waals surface area contributed by atoms with Gasteiger partial charge in [-0.1, -0.05) is 24.3 Å². The first kappa shape index (κ1) is 12.6. The highest BCUT2D eigenvalue weighted by molar-refractivity contribution is 5.88. The van der Waals surface area contributed by atoms with Gasteiger partial charge in [-0.05, 0) is 30.4 Å². The Kier molecular flexibility index (Phi) is 3.97. The number of hydrogen-bond donors (Lipinski definition) is 2. The Hall–Kier alpha value is -1.84. The van der Waals surface area contributed by atoms with Crippen LogP contribution in [0.25, 0.3) is 0 Å². The number of carbonyl (C=O) groups is 2. The summed E-state index contributed by atoms with van der Waals surface area (Å²) in [5.74, 6) is -0.335. The van der Waals surface area contributed by atoms with Gasteiger partial charge >= 0.3 is 0 Å². The predicted molar refractivity (Wildman–Crippen MR) is 69.2 cm³/mol. The van der Waals surface area contributed by atoms with Gasteiger partial charge in [0.2, 0.25) is 11.8 Å². The first-order valence-electron chi connectivity index (χ1n) is 6.28. The molecular formula is C14H18N2O2. The van der Waals surface area contributed by atoms with E-state index in [0.717, 1.165) is 24.8 Å². The van der Waals surface area contributed by atoms with Gasteiger partial charge in [0.15, 0.2) is 0 Å². The van der Waals surface area contributed by atoms with Crippen molar-refractivity contribution in [2.45, 2.75) is 25.2 Å². The summed E-state index contributed by atoms with van der Waals surface area (Å²) in [6.45, 7) is 0.0496. The minimum Gasteiger partial charge on any atom is -0.358 e. The van der Waals surface area contributed by atoms with E-state index in [1.807, 2.05) is 18.2 Å². The summed E-state index contributed by atoms with van der Waals surface area (Å²) in [5, 5.41) is 5.18. The Bertz CT molecular complexity index is 457. The van der Waals surface area contributed by atoms with E-state index in [0.29, 0.717) is 0 Å². The molecule has 0 saturated heterocycles. The van der Waals surface area contributed by atoms with Crippen LogP contribution in [0.1, 0.15) is 29.9 Å². The van der Waals surface area contributed by atoms with Crippen molar-refractivity contribution >= 4 is 11.8 Å². The topological polar surface area (TPSA) is 58.2 Å². The van der Waals surface area contributed by atoms with E-state index in [4.69, 9.17) is 0 Å². The summed E-state index contributed by atoms with van der Waals surface area (Å²) in [6.07, 6.45) is 2.92. The van der Waals surface area contributed by atoms with Crippen molar-refractivity contribution in [1.82, 2.24) is 10.6 Å². The lowest BCUT2D eigenvalue weighted by atomic mass is 9.82. The highest BCUT2D eigenvalue weighted by Crippen LogP contribution is 2.31. The lowest BCUT2D eigenvalue weighted by Crippen LogP contribution is -2.38. The number of likely N-dealkylation sites (N-methyl/N-ethyl adjacent to an activating group) is 1. The van der Waals surface area contributed by atoms with E-state index < -0.39 is 0 Å². The van der Waals surface area contributed by atoms with Gasteiger partial charge in [-0.15, -0.1) is 0 Å². The summed E-state index contributed by atoms with van der Waals surface area (Å²) in [4.78, 5) is 23.2. The largest absolute Gasteiger partial charge is 0.358 e. The lowest BCUT2D eigenvalue weighted by Gasteiger charge is -2.24. The average Bonchev–Trinajstić information content (AvgIpc) is 2.43. The molecule has 1 aliphatic rings. The monoisotopic (exact) mass is 246 g/mol. The summed E-state index contributed by atoms with van der Waals surface area (Å²) < 4.78 is 0. The normalized spacial score (nSPS) is 17.7. The number of fused-ring (bicyclic) bond motifs is 1. The minimum absolute atomic E-state index is 0.0496. The van der Waals surface area contributed by atoms with Gasteiger partial charge in [-0.3, -0.25) is 9.59 Å². The Morgan fingerprint density at radius 1 is 1.33 bits per heavy atom. The summed E-state index contributed by atoms with van der Waals surface area (Å²) in [6, 6.07) is 8.05. The van der Waals surface area contributed by atoms with Crippen LogP contribution in [0.4, 0.5) is 0 Å². The van der Waals surface area contributed by atoms with Crippen LogP contribution in [-0.4, -0.2) is 25.4 Å². The van der Waals surface area contributed by atoms with Crippen LogP contribution < -0.4 is 10.6 Å². The van der Waals surface area contributed by atoms with Gasteiger partial charge in [0.1, 0.15) is 0 Å². The van der Waals surface area contributed by atoms with Crippen molar-refractivity contribution in [2.24, 2.45) is 0 Å². The van der Waals surface area contributed by atoms with Gasteiger partial charge in [0, 0.05) is 7.05 Å². The molecule has 0 saturated carbocycles. The van der Waals surface area contributed by atoms with Gasteiger partial charge in [0.25, 0.3) is 0 Å². The fourth-order valence-corrected chi connectivity index (χ4v) is 2.41. The summed E-state index contributed by atoms with van der Waals surface area (Å²) >= 11 is 0. The number of rotatable bonds is 3. The van der Waals surface area contributed by atoms with Gasteiger partial charge in [-0.25, -0.2) is 0 Å². The van der Waals surface area contributed by atoms with Crippen LogP contribution in [0.3, 0.4) is 0 Å². The number of aryl methyl sites for hydroxylation is 1. The second-order valence-corrected chi connectivity index (χ2v) is 4.53. The van der Waals surface area contributed by atoms with Gasteiger partial charge in [0.05, 0.1) is 12.5 Å². The minimum atomic E-state index is -0.174. The van der Waals surface area contributed by atoms with Crippen molar-refractivity contribution in [3.05, 3.63) is 35.4 Å². The predicted octanol–water partition coefficient (Wildman–Crippen LogP) is 0.969. The third-order valence-corrected chi connectivity index (χ3v) is 3.39. The zero-order valence-electron chi connectivity index (χ0n) is 10.5. The number of carbonyl (C=O) groups excluding carboxylic acids is 2. The molecule has 0 fully saturated rings. The highest BCUT2D eigenvalue weighted by Gasteiger charge is 2.25.